The number of nitrogens with two attached hydrogens (primary N) is 1. The fourth-order valence-corrected chi connectivity index (χ4v) is 2.67. The Balaban J connectivity index is 3.16. The molecule has 1 aromatic rings. The molecule has 18 heavy (non-hydrogen) atoms. The number of rotatable bonds is 6. The standard InChI is InChI=1S/C15H25ClN2/c1-5-12(6-2)18(10-11(3)4)15-13(16)8-7-9-14(15)17/h7-9,11-12H,5-6,10,17H2,1-4H3. The van der Waals surface area contributed by atoms with E-state index in [1.807, 2.05) is 18.2 Å². The fourth-order valence-electron chi connectivity index (χ4n) is 2.38. The first-order valence-corrected chi connectivity index (χ1v) is 7.19. The maximum Gasteiger partial charge on any atom is 0.0791 e. The Morgan fingerprint density at radius 1 is 1.22 bits per heavy atom. The van der Waals surface area contributed by atoms with Gasteiger partial charge >= 0.3 is 0 Å². The quantitative estimate of drug-likeness (QED) is 0.766. The minimum atomic E-state index is 0.495. The van der Waals surface area contributed by atoms with E-state index in [0.29, 0.717) is 12.0 Å². The monoisotopic (exact) mass is 268 g/mol. The molecule has 102 valence electrons. The van der Waals surface area contributed by atoms with Gasteiger partial charge in [0.05, 0.1) is 16.4 Å². The summed E-state index contributed by atoms with van der Waals surface area (Å²) in [5, 5.41) is 0.752. The van der Waals surface area contributed by atoms with Crippen molar-refractivity contribution in [3.8, 4) is 0 Å². The largest absolute Gasteiger partial charge is 0.397 e. The summed E-state index contributed by atoms with van der Waals surface area (Å²) in [6.45, 7) is 9.87. The van der Waals surface area contributed by atoms with Crippen LogP contribution in [-0.4, -0.2) is 12.6 Å². The highest BCUT2D eigenvalue weighted by atomic mass is 35.5. The molecule has 1 rings (SSSR count). The van der Waals surface area contributed by atoms with Gasteiger partial charge in [-0.3, -0.25) is 0 Å². The molecule has 1 aromatic carbocycles. The van der Waals surface area contributed by atoms with Crippen LogP contribution >= 0.6 is 11.6 Å². The molecular weight excluding hydrogens is 244 g/mol. The van der Waals surface area contributed by atoms with Crippen LogP contribution in [0.25, 0.3) is 0 Å². The third-order valence-electron chi connectivity index (χ3n) is 3.25. The smallest absolute Gasteiger partial charge is 0.0791 e. The van der Waals surface area contributed by atoms with Crippen molar-refractivity contribution in [3.63, 3.8) is 0 Å². The number of anilines is 2. The van der Waals surface area contributed by atoms with Crippen LogP contribution in [0.15, 0.2) is 18.2 Å². The highest BCUT2D eigenvalue weighted by molar-refractivity contribution is 6.34. The lowest BCUT2D eigenvalue weighted by molar-refractivity contribution is 0.508. The van der Waals surface area contributed by atoms with Gasteiger partial charge in [0.2, 0.25) is 0 Å². The van der Waals surface area contributed by atoms with Gasteiger partial charge in [0.25, 0.3) is 0 Å². The normalized spacial score (nSPS) is 11.3. The molecular formula is C15H25ClN2. The maximum absolute atomic E-state index is 6.34. The van der Waals surface area contributed by atoms with Crippen molar-refractivity contribution in [2.75, 3.05) is 17.2 Å². The third kappa shape index (κ3) is 3.55. The van der Waals surface area contributed by atoms with Gasteiger partial charge in [-0.2, -0.15) is 0 Å². The van der Waals surface area contributed by atoms with E-state index in [9.17, 15) is 0 Å². The van der Waals surface area contributed by atoms with Crippen LogP contribution in [0.1, 0.15) is 40.5 Å². The van der Waals surface area contributed by atoms with Crippen LogP contribution in [0.4, 0.5) is 11.4 Å². The number of hydrogen-bond donors (Lipinski definition) is 1. The molecule has 0 unspecified atom stereocenters. The highest BCUT2D eigenvalue weighted by Crippen LogP contribution is 2.34. The van der Waals surface area contributed by atoms with Gasteiger partial charge in [-0.05, 0) is 30.9 Å². The number of nitrogens with zero attached hydrogens (tertiary/aromatic N) is 1. The second kappa shape index (κ2) is 6.89. The molecule has 0 saturated carbocycles. The van der Waals surface area contributed by atoms with Crippen LogP contribution in [0, 0.1) is 5.92 Å². The zero-order valence-electron chi connectivity index (χ0n) is 11.9. The average molecular weight is 269 g/mol. The van der Waals surface area contributed by atoms with Crippen molar-refractivity contribution in [3.05, 3.63) is 23.2 Å². The predicted molar refractivity (Wildman–Crippen MR) is 82.4 cm³/mol. The third-order valence-corrected chi connectivity index (χ3v) is 3.56. The van der Waals surface area contributed by atoms with Gasteiger partial charge in [-0.15, -0.1) is 0 Å². The van der Waals surface area contributed by atoms with Crippen molar-refractivity contribution >= 4 is 23.0 Å². The van der Waals surface area contributed by atoms with Gasteiger partial charge in [0, 0.05) is 12.6 Å². The van der Waals surface area contributed by atoms with Crippen LogP contribution < -0.4 is 10.6 Å². The number of nitrogen functional groups attached to an aromatic ring is 1. The molecule has 2 N–H and O–H groups in total. The number of benzene rings is 1. The van der Waals surface area contributed by atoms with E-state index in [4.69, 9.17) is 17.3 Å². The molecule has 0 radical (unpaired) electrons. The summed E-state index contributed by atoms with van der Waals surface area (Å²) in [5.41, 5.74) is 7.89. The Morgan fingerprint density at radius 2 is 1.83 bits per heavy atom. The van der Waals surface area contributed by atoms with E-state index < -0.39 is 0 Å². The van der Waals surface area contributed by atoms with Gasteiger partial charge in [-0.25, -0.2) is 0 Å². The number of halogens is 1. The van der Waals surface area contributed by atoms with Gasteiger partial charge in [0.1, 0.15) is 0 Å². The lowest BCUT2D eigenvalue weighted by atomic mass is 10.1. The Kier molecular flexibility index (Phi) is 5.80. The van der Waals surface area contributed by atoms with Crippen LogP contribution in [-0.2, 0) is 0 Å². The van der Waals surface area contributed by atoms with Crippen LogP contribution in [0.2, 0.25) is 5.02 Å². The maximum atomic E-state index is 6.34. The Labute approximate surface area is 116 Å². The molecule has 0 aliphatic rings. The van der Waals surface area contributed by atoms with Crippen LogP contribution in [0.3, 0.4) is 0 Å². The Bertz CT molecular complexity index is 353. The van der Waals surface area contributed by atoms with Crippen molar-refractivity contribution in [2.45, 2.75) is 46.6 Å². The lowest BCUT2D eigenvalue weighted by Crippen LogP contribution is -2.38. The van der Waals surface area contributed by atoms with E-state index in [0.717, 1.165) is 35.8 Å². The first kappa shape index (κ1) is 15.2. The van der Waals surface area contributed by atoms with Gasteiger partial charge in [0.15, 0.2) is 0 Å². The van der Waals surface area contributed by atoms with E-state index in [-0.39, 0.29) is 0 Å². The first-order valence-electron chi connectivity index (χ1n) is 6.81. The summed E-state index contributed by atoms with van der Waals surface area (Å²) < 4.78 is 0. The van der Waals surface area contributed by atoms with Gasteiger partial charge in [-0.1, -0.05) is 45.4 Å². The second-order valence-electron chi connectivity index (χ2n) is 5.19. The van der Waals surface area contributed by atoms with E-state index in [2.05, 4.69) is 32.6 Å². The molecule has 0 aliphatic heterocycles. The summed E-state index contributed by atoms with van der Waals surface area (Å²) >= 11 is 6.34. The average Bonchev–Trinajstić information content (AvgIpc) is 2.29. The zero-order valence-corrected chi connectivity index (χ0v) is 12.7. The SMILES string of the molecule is CCC(CC)N(CC(C)C)c1c(N)cccc1Cl. The first-order chi connectivity index (χ1) is 8.51. The number of para-hydroxylation sites is 1. The molecule has 0 atom stereocenters. The van der Waals surface area contributed by atoms with E-state index >= 15 is 0 Å². The summed E-state index contributed by atoms with van der Waals surface area (Å²) in [5.74, 6) is 0.585. The van der Waals surface area contributed by atoms with Crippen molar-refractivity contribution < 1.29 is 0 Å². The van der Waals surface area contributed by atoms with E-state index in [1.165, 1.54) is 0 Å². The molecule has 2 nitrogen and oxygen atoms in total. The van der Waals surface area contributed by atoms with Crippen molar-refractivity contribution in [1.82, 2.24) is 0 Å². The molecule has 0 fully saturated rings. The van der Waals surface area contributed by atoms with Gasteiger partial charge < -0.3 is 10.6 Å². The molecule has 0 spiro atoms. The van der Waals surface area contributed by atoms with Crippen molar-refractivity contribution in [2.24, 2.45) is 5.92 Å². The van der Waals surface area contributed by atoms with Crippen molar-refractivity contribution in [1.29, 1.82) is 0 Å². The van der Waals surface area contributed by atoms with E-state index in [1.54, 1.807) is 0 Å². The summed E-state index contributed by atoms with van der Waals surface area (Å²) in [6.07, 6.45) is 2.21. The molecule has 0 heterocycles. The minimum absolute atomic E-state index is 0.495. The Hall–Kier alpha value is -0.890. The molecule has 0 saturated heterocycles. The summed E-state index contributed by atoms with van der Waals surface area (Å²) in [4.78, 5) is 2.38. The molecule has 0 amide bonds. The zero-order chi connectivity index (χ0) is 13.7. The summed E-state index contributed by atoms with van der Waals surface area (Å²) in [6, 6.07) is 6.25. The number of hydrogen-bond acceptors (Lipinski definition) is 2. The molecule has 0 aromatic heterocycles. The summed E-state index contributed by atoms with van der Waals surface area (Å²) in [7, 11) is 0. The fraction of sp³-hybridized carbons (Fsp3) is 0.600. The molecule has 0 bridgehead atoms. The molecule has 3 heteroatoms. The van der Waals surface area contributed by atoms with Crippen LogP contribution in [0.5, 0.6) is 0 Å². The minimum Gasteiger partial charge on any atom is -0.397 e. The second-order valence-corrected chi connectivity index (χ2v) is 5.60. The Morgan fingerprint density at radius 3 is 2.28 bits per heavy atom. The molecule has 0 aliphatic carbocycles. The highest BCUT2D eigenvalue weighted by Gasteiger charge is 2.21. The topological polar surface area (TPSA) is 29.3 Å². The predicted octanol–water partition coefficient (Wildman–Crippen LogP) is 4.57. The lowest BCUT2D eigenvalue weighted by Gasteiger charge is -2.35.